The molecule has 0 saturated heterocycles. The topological polar surface area (TPSA) is 72.4 Å². The Bertz CT molecular complexity index is 813. The van der Waals surface area contributed by atoms with Crippen molar-refractivity contribution in [3.63, 3.8) is 0 Å². The van der Waals surface area contributed by atoms with Gasteiger partial charge in [0.1, 0.15) is 5.65 Å². The first-order valence-corrected chi connectivity index (χ1v) is 9.39. The standard InChI is InChI=1S/C19H22N4OS/c20-10-4-5-11-21-19(24)16-7-1-2-8-17(16)25-14-15-13-23-12-6-3-9-18(23)22-15/h1-3,6-9,12-13H,4-5,10-11,14,20H2,(H,21,24). The third kappa shape index (κ3) is 4.61. The number of imidazole rings is 1. The van der Waals surface area contributed by atoms with E-state index >= 15 is 0 Å². The minimum absolute atomic E-state index is 0.0323. The molecular formula is C19H22N4OS. The van der Waals surface area contributed by atoms with Crippen LogP contribution in [-0.4, -0.2) is 28.4 Å². The lowest BCUT2D eigenvalue weighted by Crippen LogP contribution is -2.25. The number of rotatable bonds is 8. The highest BCUT2D eigenvalue weighted by molar-refractivity contribution is 7.98. The van der Waals surface area contributed by atoms with Gasteiger partial charge in [0, 0.05) is 29.6 Å². The van der Waals surface area contributed by atoms with Crippen molar-refractivity contribution in [2.45, 2.75) is 23.5 Å². The normalized spacial score (nSPS) is 10.9. The van der Waals surface area contributed by atoms with Crippen LogP contribution in [0, 0.1) is 0 Å². The number of hydrogen-bond acceptors (Lipinski definition) is 4. The highest BCUT2D eigenvalue weighted by Gasteiger charge is 2.11. The molecule has 0 aliphatic heterocycles. The van der Waals surface area contributed by atoms with E-state index < -0.39 is 0 Å². The third-order valence-electron chi connectivity index (χ3n) is 3.84. The van der Waals surface area contributed by atoms with Crippen LogP contribution in [0.2, 0.25) is 0 Å². The molecule has 25 heavy (non-hydrogen) atoms. The molecule has 0 fully saturated rings. The summed E-state index contributed by atoms with van der Waals surface area (Å²) in [6, 6.07) is 13.6. The van der Waals surface area contributed by atoms with Gasteiger partial charge < -0.3 is 15.5 Å². The Labute approximate surface area is 151 Å². The molecule has 1 amide bonds. The van der Waals surface area contributed by atoms with Crippen molar-refractivity contribution in [1.82, 2.24) is 14.7 Å². The number of amides is 1. The van der Waals surface area contributed by atoms with Gasteiger partial charge in [-0.2, -0.15) is 0 Å². The second-order valence-electron chi connectivity index (χ2n) is 5.73. The predicted octanol–water partition coefficient (Wildman–Crippen LogP) is 3.10. The second-order valence-corrected chi connectivity index (χ2v) is 6.75. The summed E-state index contributed by atoms with van der Waals surface area (Å²) in [6.07, 6.45) is 5.83. The van der Waals surface area contributed by atoms with Crippen molar-refractivity contribution in [2.24, 2.45) is 5.73 Å². The SMILES string of the molecule is NCCCCNC(=O)c1ccccc1SCc1cn2ccccc2n1. The van der Waals surface area contributed by atoms with E-state index in [0.717, 1.165) is 34.8 Å². The van der Waals surface area contributed by atoms with Crippen LogP contribution in [0.1, 0.15) is 28.9 Å². The fraction of sp³-hybridized carbons (Fsp3) is 0.263. The Morgan fingerprint density at radius 2 is 2.00 bits per heavy atom. The summed E-state index contributed by atoms with van der Waals surface area (Å²) in [7, 11) is 0. The summed E-state index contributed by atoms with van der Waals surface area (Å²) in [5, 5.41) is 2.97. The van der Waals surface area contributed by atoms with Gasteiger partial charge in [-0.15, -0.1) is 11.8 Å². The molecule has 0 aliphatic carbocycles. The van der Waals surface area contributed by atoms with Crippen LogP contribution >= 0.6 is 11.8 Å². The largest absolute Gasteiger partial charge is 0.352 e. The quantitative estimate of drug-likeness (QED) is 0.482. The molecule has 5 nitrogen and oxygen atoms in total. The van der Waals surface area contributed by atoms with E-state index in [-0.39, 0.29) is 5.91 Å². The van der Waals surface area contributed by atoms with Crippen molar-refractivity contribution in [3.05, 3.63) is 66.1 Å². The monoisotopic (exact) mass is 354 g/mol. The van der Waals surface area contributed by atoms with E-state index in [0.29, 0.717) is 18.7 Å². The molecule has 2 heterocycles. The van der Waals surface area contributed by atoms with Crippen LogP contribution < -0.4 is 11.1 Å². The van der Waals surface area contributed by atoms with Crippen LogP contribution in [0.25, 0.3) is 5.65 Å². The maximum absolute atomic E-state index is 12.4. The first kappa shape index (κ1) is 17.5. The van der Waals surface area contributed by atoms with Crippen LogP contribution in [0.3, 0.4) is 0 Å². The van der Waals surface area contributed by atoms with E-state index in [9.17, 15) is 4.79 Å². The van der Waals surface area contributed by atoms with Crippen molar-refractivity contribution in [1.29, 1.82) is 0 Å². The number of thioether (sulfide) groups is 1. The smallest absolute Gasteiger partial charge is 0.252 e. The summed E-state index contributed by atoms with van der Waals surface area (Å²) in [6.45, 7) is 1.31. The van der Waals surface area contributed by atoms with E-state index in [2.05, 4.69) is 10.3 Å². The lowest BCUT2D eigenvalue weighted by Gasteiger charge is -2.09. The van der Waals surface area contributed by atoms with Crippen LogP contribution in [0.5, 0.6) is 0 Å². The molecule has 0 unspecified atom stereocenters. The van der Waals surface area contributed by atoms with Gasteiger partial charge in [-0.05, 0) is 43.7 Å². The van der Waals surface area contributed by atoms with Crippen molar-refractivity contribution < 1.29 is 4.79 Å². The molecule has 3 rings (SSSR count). The van der Waals surface area contributed by atoms with E-state index in [1.165, 1.54) is 0 Å². The Morgan fingerprint density at radius 1 is 1.16 bits per heavy atom. The summed E-state index contributed by atoms with van der Waals surface area (Å²) >= 11 is 1.63. The van der Waals surface area contributed by atoms with Gasteiger partial charge in [-0.3, -0.25) is 4.79 Å². The number of aromatic nitrogens is 2. The number of pyridine rings is 1. The van der Waals surface area contributed by atoms with Gasteiger partial charge in [0.2, 0.25) is 0 Å². The minimum atomic E-state index is -0.0323. The summed E-state index contributed by atoms with van der Waals surface area (Å²) in [5.41, 5.74) is 8.12. The molecule has 0 bridgehead atoms. The molecule has 2 aromatic heterocycles. The molecule has 0 atom stereocenters. The fourth-order valence-electron chi connectivity index (χ4n) is 2.55. The first-order valence-electron chi connectivity index (χ1n) is 8.40. The number of fused-ring (bicyclic) bond motifs is 1. The maximum Gasteiger partial charge on any atom is 0.252 e. The number of hydrogen-bond donors (Lipinski definition) is 2. The average Bonchev–Trinajstić information content (AvgIpc) is 3.06. The number of carbonyl (C=O) groups excluding carboxylic acids is 1. The zero-order valence-corrected chi connectivity index (χ0v) is 14.8. The van der Waals surface area contributed by atoms with Crippen LogP contribution in [-0.2, 0) is 5.75 Å². The lowest BCUT2D eigenvalue weighted by molar-refractivity contribution is 0.0950. The van der Waals surface area contributed by atoms with Gasteiger partial charge in [0.25, 0.3) is 5.91 Å². The molecule has 1 aromatic carbocycles. The van der Waals surface area contributed by atoms with Gasteiger partial charge in [-0.25, -0.2) is 4.98 Å². The van der Waals surface area contributed by atoms with E-state index in [1.807, 2.05) is 59.3 Å². The van der Waals surface area contributed by atoms with E-state index in [4.69, 9.17) is 5.73 Å². The Balaban J connectivity index is 1.65. The van der Waals surface area contributed by atoms with Crippen LogP contribution in [0.15, 0.2) is 59.8 Å². The van der Waals surface area contributed by atoms with Gasteiger partial charge >= 0.3 is 0 Å². The Kier molecular flexibility index (Phi) is 6.09. The molecular weight excluding hydrogens is 332 g/mol. The average molecular weight is 354 g/mol. The van der Waals surface area contributed by atoms with Crippen molar-refractivity contribution >= 4 is 23.3 Å². The summed E-state index contributed by atoms with van der Waals surface area (Å²) in [5.74, 6) is 0.689. The van der Waals surface area contributed by atoms with Gasteiger partial charge in [-0.1, -0.05) is 18.2 Å². The van der Waals surface area contributed by atoms with Gasteiger partial charge in [0.05, 0.1) is 11.3 Å². The number of unbranched alkanes of at least 4 members (excludes halogenated alkanes) is 1. The zero-order valence-electron chi connectivity index (χ0n) is 14.0. The molecule has 130 valence electrons. The highest BCUT2D eigenvalue weighted by Crippen LogP contribution is 2.26. The highest BCUT2D eigenvalue weighted by atomic mass is 32.2. The molecule has 0 saturated carbocycles. The first-order chi connectivity index (χ1) is 12.3. The molecule has 0 spiro atoms. The molecule has 0 radical (unpaired) electrons. The summed E-state index contributed by atoms with van der Waals surface area (Å²) in [4.78, 5) is 18.0. The lowest BCUT2D eigenvalue weighted by atomic mass is 10.2. The predicted molar refractivity (Wildman–Crippen MR) is 102 cm³/mol. The second kappa shape index (κ2) is 8.69. The molecule has 0 aliphatic rings. The number of nitrogens with zero attached hydrogens (tertiary/aromatic N) is 2. The number of benzene rings is 1. The molecule has 6 heteroatoms. The molecule has 3 aromatic rings. The van der Waals surface area contributed by atoms with Crippen molar-refractivity contribution in [3.8, 4) is 0 Å². The Morgan fingerprint density at radius 3 is 2.84 bits per heavy atom. The molecule has 3 N–H and O–H groups in total. The number of nitrogens with two attached hydrogens (primary N) is 1. The minimum Gasteiger partial charge on any atom is -0.352 e. The van der Waals surface area contributed by atoms with Crippen molar-refractivity contribution in [2.75, 3.05) is 13.1 Å². The third-order valence-corrected chi connectivity index (χ3v) is 4.94. The van der Waals surface area contributed by atoms with Crippen LogP contribution in [0.4, 0.5) is 0 Å². The van der Waals surface area contributed by atoms with E-state index in [1.54, 1.807) is 11.8 Å². The summed E-state index contributed by atoms with van der Waals surface area (Å²) < 4.78 is 2.01. The Hall–Kier alpha value is -2.31. The fourth-order valence-corrected chi connectivity index (χ4v) is 3.49. The maximum atomic E-state index is 12.4. The van der Waals surface area contributed by atoms with Gasteiger partial charge in [0.15, 0.2) is 0 Å². The zero-order chi connectivity index (χ0) is 17.5. The number of nitrogens with one attached hydrogen (secondary N) is 1. The number of carbonyl (C=O) groups is 1.